The number of hydrogen-bond acceptors (Lipinski definition) is 3. The maximum Gasteiger partial charge on any atom is 0.220 e. The van der Waals surface area contributed by atoms with Gasteiger partial charge in [-0.05, 0) is 38.2 Å². The summed E-state index contributed by atoms with van der Waals surface area (Å²) >= 11 is 0. The van der Waals surface area contributed by atoms with Crippen LogP contribution in [-0.2, 0) is 4.79 Å². The van der Waals surface area contributed by atoms with Gasteiger partial charge in [0.1, 0.15) is 6.10 Å². The first kappa shape index (κ1) is 13.8. The number of hydrogen-bond donors (Lipinski definition) is 1. The van der Waals surface area contributed by atoms with Crippen LogP contribution in [0.2, 0.25) is 0 Å². The number of aromatic nitrogens is 1. The third-order valence-corrected chi connectivity index (χ3v) is 3.44. The summed E-state index contributed by atoms with van der Waals surface area (Å²) in [5.74, 6) is 0.873. The van der Waals surface area contributed by atoms with Crippen LogP contribution in [0.5, 0.6) is 5.88 Å². The van der Waals surface area contributed by atoms with Gasteiger partial charge in [-0.2, -0.15) is 0 Å². The van der Waals surface area contributed by atoms with Crippen molar-refractivity contribution in [1.82, 2.24) is 10.3 Å². The summed E-state index contributed by atoms with van der Waals surface area (Å²) in [6.45, 7) is 2.02. The lowest BCUT2D eigenvalue weighted by molar-refractivity contribution is -0.122. The van der Waals surface area contributed by atoms with Crippen molar-refractivity contribution in [3.63, 3.8) is 0 Å². The molecule has 2 rings (SSSR count). The van der Waals surface area contributed by atoms with Gasteiger partial charge in [-0.1, -0.05) is 13.0 Å². The summed E-state index contributed by atoms with van der Waals surface area (Å²) in [4.78, 5) is 15.7. The molecule has 0 radical (unpaired) electrons. The van der Waals surface area contributed by atoms with Gasteiger partial charge in [-0.3, -0.25) is 4.79 Å². The lowest BCUT2D eigenvalue weighted by Crippen LogP contribution is -2.39. The summed E-state index contributed by atoms with van der Waals surface area (Å²) in [6, 6.07) is 6.02. The smallest absolute Gasteiger partial charge is 0.220 e. The Bertz CT molecular complexity index is 386. The van der Waals surface area contributed by atoms with Gasteiger partial charge in [-0.25, -0.2) is 4.98 Å². The number of amides is 1. The molecule has 1 amide bonds. The topological polar surface area (TPSA) is 51.2 Å². The molecule has 1 aromatic rings. The molecule has 0 bridgehead atoms. The Hall–Kier alpha value is -1.58. The van der Waals surface area contributed by atoms with Crippen LogP contribution in [0.4, 0.5) is 0 Å². The molecule has 4 nitrogen and oxygen atoms in total. The quantitative estimate of drug-likeness (QED) is 0.887. The maximum absolute atomic E-state index is 11.5. The summed E-state index contributed by atoms with van der Waals surface area (Å²) in [5, 5.41) is 3.09. The molecule has 0 atom stereocenters. The number of ether oxygens (including phenoxy) is 1. The highest BCUT2D eigenvalue weighted by molar-refractivity contribution is 5.76. The van der Waals surface area contributed by atoms with Crippen molar-refractivity contribution in [2.45, 2.75) is 57.6 Å². The van der Waals surface area contributed by atoms with E-state index in [9.17, 15) is 4.79 Å². The van der Waals surface area contributed by atoms with Crippen LogP contribution < -0.4 is 10.1 Å². The van der Waals surface area contributed by atoms with Gasteiger partial charge < -0.3 is 10.1 Å². The number of pyridine rings is 1. The maximum atomic E-state index is 11.5. The highest BCUT2D eigenvalue weighted by atomic mass is 16.5. The van der Waals surface area contributed by atoms with E-state index < -0.39 is 0 Å². The number of rotatable bonds is 5. The zero-order chi connectivity index (χ0) is 13.5. The molecular weight excluding hydrogens is 240 g/mol. The fraction of sp³-hybridized carbons (Fsp3) is 0.600. The molecule has 0 unspecified atom stereocenters. The van der Waals surface area contributed by atoms with Crippen LogP contribution in [0.15, 0.2) is 24.4 Å². The highest BCUT2D eigenvalue weighted by Gasteiger charge is 2.23. The fourth-order valence-electron chi connectivity index (χ4n) is 2.44. The van der Waals surface area contributed by atoms with Crippen molar-refractivity contribution in [3.8, 4) is 5.88 Å². The van der Waals surface area contributed by atoms with Crippen LogP contribution in [0.1, 0.15) is 45.4 Å². The predicted molar refractivity (Wildman–Crippen MR) is 74.0 cm³/mol. The Morgan fingerprint density at radius 3 is 2.79 bits per heavy atom. The van der Waals surface area contributed by atoms with Crippen LogP contribution in [0.25, 0.3) is 0 Å². The SMILES string of the molecule is CCCC(=O)NC1CCC(Oc2ccccn2)CC1. The standard InChI is InChI=1S/C15H22N2O2/c1-2-5-14(18)17-12-7-9-13(10-8-12)19-15-6-3-4-11-16-15/h3-4,6,11-13H,2,5,7-10H2,1H3,(H,17,18). The molecule has 1 aliphatic rings. The van der Waals surface area contributed by atoms with Gasteiger partial charge in [0.25, 0.3) is 0 Å². The van der Waals surface area contributed by atoms with E-state index >= 15 is 0 Å². The van der Waals surface area contributed by atoms with Crippen molar-refractivity contribution in [2.75, 3.05) is 0 Å². The van der Waals surface area contributed by atoms with Crippen molar-refractivity contribution >= 4 is 5.91 Å². The van der Waals surface area contributed by atoms with E-state index in [1.807, 2.05) is 25.1 Å². The summed E-state index contributed by atoms with van der Waals surface area (Å²) in [6.07, 6.45) is 7.45. The lowest BCUT2D eigenvalue weighted by Gasteiger charge is -2.29. The third kappa shape index (κ3) is 4.54. The summed E-state index contributed by atoms with van der Waals surface area (Å²) in [7, 11) is 0. The van der Waals surface area contributed by atoms with Crippen LogP contribution >= 0.6 is 0 Å². The molecule has 1 aromatic heterocycles. The van der Waals surface area contributed by atoms with E-state index in [1.54, 1.807) is 6.20 Å². The van der Waals surface area contributed by atoms with Crippen LogP contribution in [0, 0.1) is 0 Å². The van der Waals surface area contributed by atoms with E-state index in [0.29, 0.717) is 18.3 Å². The zero-order valence-electron chi connectivity index (χ0n) is 11.5. The summed E-state index contributed by atoms with van der Waals surface area (Å²) < 4.78 is 5.83. The number of carbonyl (C=O) groups is 1. The minimum absolute atomic E-state index is 0.177. The Morgan fingerprint density at radius 2 is 2.16 bits per heavy atom. The van der Waals surface area contributed by atoms with E-state index in [2.05, 4.69) is 10.3 Å². The first-order valence-corrected chi connectivity index (χ1v) is 7.15. The first-order valence-electron chi connectivity index (χ1n) is 7.15. The minimum atomic E-state index is 0.177. The second-order valence-corrected chi connectivity index (χ2v) is 5.08. The highest BCUT2D eigenvalue weighted by Crippen LogP contribution is 2.22. The van der Waals surface area contributed by atoms with Crippen molar-refractivity contribution < 1.29 is 9.53 Å². The van der Waals surface area contributed by atoms with Crippen LogP contribution in [0.3, 0.4) is 0 Å². The van der Waals surface area contributed by atoms with Gasteiger partial charge in [0.15, 0.2) is 0 Å². The van der Waals surface area contributed by atoms with E-state index in [-0.39, 0.29) is 12.0 Å². The monoisotopic (exact) mass is 262 g/mol. The van der Waals surface area contributed by atoms with Crippen molar-refractivity contribution in [3.05, 3.63) is 24.4 Å². The molecule has 0 saturated heterocycles. The first-order chi connectivity index (χ1) is 9.28. The average molecular weight is 262 g/mol. The molecule has 0 aromatic carbocycles. The molecule has 1 fully saturated rings. The van der Waals surface area contributed by atoms with Gasteiger partial charge in [0.05, 0.1) is 0 Å². The van der Waals surface area contributed by atoms with E-state index in [4.69, 9.17) is 4.74 Å². The van der Waals surface area contributed by atoms with Crippen molar-refractivity contribution in [2.24, 2.45) is 0 Å². The Labute approximate surface area is 114 Å². The molecule has 1 N–H and O–H groups in total. The second-order valence-electron chi connectivity index (χ2n) is 5.08. The molecule has 0 aliphatic heterocycles. The molecule has 1 aliphatic carbocycles. The average Bonchev–Trinajstić information content (AvgIpc) is 2.42. The lowest BCUT2D eigenvalue weighted by atomic mass is 9.93. The van der Waals surface area contributed by atoms with Gasteiger partial charge >= 0.3 is 0 Å². The molecular formula is C15H22N2O2. The second kappa shape index (κ2) is 7.12. The fourth-order valence-corrected chi connectivity index (χ4v) is 2.44. The number of nitrogens with one attached hydrogen (secondary N) is 1. The molecule has 1 heterocycles. The van der Waals surface area contributed by atoms with E-state index in [1.165, 1.54) is 0 Å². The summed E-state index contributed by atoms with van der Waals surface area (Å²) in [5.41, 5.74) is 0. The molecule has 104 valence electrons. The normalized spacial score (nSPS) is 22.8. The Kier molecular flexibility index (Phi) is 5.19. The minimum Gasteiger partial charge on any atom is -0.474 e. The zero-order valence-corrected chi connectivity index (χ0v) is 11.5. The Morgan fingerprint density at radius 1 is 1.37 bits per heavy atom. The third-order valence-electron chi connectivity index (χ3n) is 3.44. The van der Waals surface area contributed by atoms with Crippen LogP contribution in [-0.4, -0.2) is 23.0 Å². The molecule has 0 spiro atoms. The van der Waals surface area contributed by atoms with Gasteiger partial charge in [0.2, 0.25) is 11.8 Å². The van der Waals surface area contributed by atoms with E-state index in [0.717, 1.165) is 32.1 Å². The predicted octanol–water partition coefficient (Wildman–Crippen LogP) is 2.69. The van der Waals surface area contributed by atoms with Gasteiger partial charge in [0, 0.05) is 24.7 Å². The van der Waals surface area contributed by atoms with Gasteiger partial charge in [-0.15, -0.1) is 0 Å². The van der Waals surface area contributed by atoms with Crippen molar-refractivity contribution in [1.29, 1.82) is 0 Å². The number of nitrogens with zero attached hydrogens (tertiary/aromatic N) is 1. The number of carbonyl (C=O) groups excluding carboxylic acids is 1. The largest absolute Gasteiger partial charge is 0.474 e. The molecule has 1 saturated carbocycles. The Balaban J connectivity index is 1.72. The molecule has 4 heteroatoms. The molecule has 19 heavy (non-hydrogen) atoms.